The van der Waals surface area contributed by atoms with Crippen LogP contribution in [0.5, 0.6) is 0 Å². The summed E-state index contributed by atoms with van der Waals surface area (Å²) in [4.78, 5) is 45.0. The maximum Gasteiger partial charge on any atom is 0.311 e. The molecule has 2 aliphatic heterocycles. The van der Waals surface area contributed by atoms with Gasteiger partial charge in [-0.15, -0.1) is 0 Å². The van der Waals surface area contributed by atoms with E-state index < -0.39 is 102 Å². The summed E-state index contributed by atoms with van der Waals surface area (Å²) in [7, 11) is 4.85. The highest BCUT2D eigenvalue weighted by atomic mass is 16.7. The molecule has 0 bridgehead atoms. The highest BCUT2D eigenvalue weighted by molar-refractivity contribution is 5.78. The summed E-state index contributed by atoms with van der Waals surface area (Å²) in [6, 6.07) is 1.18. The zero-order chi connectivity index (χ0) is 49.4. The van der Waals surface area contributed by atoms with E-state index in [1.807, 2.05) is 46.6 Å². The van der Waals surface area contributed by atoms with Gasteiger partial charge in [0.15, 0.2) is 18.7 Å². The van der Waals surface area contributed by atoms with Crippen LogP contribution in [0.2, 0.25) is 0 Å². The SMILES string of the molecule is CC[C@H](CO)OC(=O)[C@H](C)[C@@H](O[C@H]1C[C@@](C)(OC)[C@@H](OC(=O)CCN(CC)CC)[C@H](C)O1)[C@H](C)[C@@H](O[C@@H]1O[C@H](C)C[C@H](N(C)CCC#N)[C@H]1O)[C@@](C)(C[C@@H](C)C(=O)N[C@H](C)[C@@H](C)O)OC. The molecule has 0 saturated carbocycles. The van der Waals surface area contributed by atoms with Crippen molar-refractivity contribution in [3.63, 3.8) is 0 Å². The molecule has 0 aromatic heterocycles. The number of carbonyl (C=O) groups is 3. The lowest BCUT2D eigenvalue weighted by molar-refractivity contribution is -0.320. The molecule has 0 spiro atoms. The molecule has 4 N–H and O–H groups in total. The van der Waals surface area contributed by atoms with Gasteiger partial charge in [0.25, 0.3) is 0 Å². The van der Waals surface area contributed by atoms with Crippen LogP contribution in [0, 0.1) is 29.1 Å². The Morgan fingerprint density at radius 2 is 1.68 bits per heavy atom. The van der Waals surface area contributed by atoms with Crippen LogP contribution in [0.4, 0.5) is 0 Å². The standard InChI is InChI=1S/C47H86N4O14/c1-16-35(27-52)62-44(57)31(7)40(64-38-26-47(12,59-15)42(34(10)61-38)63-37(54)20-23-51(17-2)18-3)30(6)41(46(11,58-14)25-28(4)43(56)49-32(8)33(9)53)65-45-39(55)36(24-29(5)60-45)50(13)22-19-21-48/h28-36,38-42,45,52-53,55H,16-20,22-27H2,1-15H3,(H,49,56)/t28-,29-,30+,31-,32-,33-,34+,35-,36+,38+,39-,40+,41-,42+,45+,46-,47-/m1/s1. The van der Waals surface area contributed by atoms with Crippen molar-refractivity contribution in [1.82, 2.24) is 15.1 Å². The number of nitriles is 1. The molecule has 2 heterocycles. The summed E-state index contributed by atoms with van der Waals surface area (Å²) in [5.74, 6) is -3.89. The number of nitrogens with zero attached hydrogens (tertiary/aromatic N) is 3. The summed E-state index contributed by atoms with van der Waals surface area (Å²) < 4.78 is 50.9. The summed E-state index contributed by atoms with van der Waals surface area (Å²) in [6.07, 6.45) is -7.60. The zero-order valence-corrected chi connectivity index (χ0v) is 42.1. The number of rotatable bonds is 28. The third-order valence-corrected chi connectivity index (χ3v) is 13.7. The first-order valence-corrected chi connectivity index (χ1v) is 23.7. The lowest BCUT2D eigenvalue weighted by atomic mass is 9.77. The molecule has 2 saturated heterocycles. The van der Waals surface area contributed by atoms with Crippen molar-refractivity contribution in [2.45, 2.75) is 206 Å². The van der Waals surface area contributed by atoms with E-state index in [2.05, 4.69) is 16.3 Å². The van der Waals surface area contributed by atoms with Crippen molar-refractivity contribution >= 4 is 17.8 Å². The maximum absolute atomic E-state index is 14.1. The van der Waals surface area contributed by atoms with Crippen LogP contribution in [0.25, 0.3) is 0 Å². The van der Waals surface area contributed by atoms with Gasteiger partial charge >= 0.3 is 11.9 Å². The molecule has 0 radical (unpaired) electrons. The molecule has 0 unspecified atom stereocenters. The smallest absolute Gasteiger partial charge is 0.311 e. The molecule has 18 nitrogen and oxygen atoms in total. The van der Waals surface area contributed by atoms with Crippen molar-refractivity contribution in [2.24, 2.45) is 17.8 Å². The van der Waals surface area contributed by atoms with Gasteiger partial charge in [-0.2, -0.15) is 5.26 Å². The minimum atomic E-state index is -1.33. The number of aliphatic hydroxyl groups excluding tert-OH is 3. The van der Waals surface area contributed by atoms with Gasteiger partial charge in [0, 0.05) is 58.0 Å². The molecule has 0 aliphatic carbocycles. The maximum atomic E-state index is 14.1. The van der Waals surface area contributed by atoms with Gasteiger partial charge in [-0.3, -0.25) is 19.3 Å². The monoisotopic (exact) mass is 931 g/mol. The van der Waals surface area contributed by atoms with Gasteiger partial charge in [0.1, 0.15) is 17.8 Å². The second kappa shape index (κ2) is 27.5. The van der Waals surface area contributed by atoms with Crippen LogP contribution in [0.3, 0.4) is 0 Å². The van der Waals surface area contributed by atoms with Gasteiger partial charge in [-0.1, -0.05) is 34.6 Å². The molecule has 18 heteroatoms. The first kappa shape index (κ1) is 58.6. The van der Waals surface area contributed by atoms with Gasteiger partial charge in [-0.25, -0.2) is 0 Å². The molecular weight excluding hydrogens is 845 g/mol. The van der Waals surface area contributed by atoms with E-state index in [0.29, 0.717) is 25.9 Å². The van der Waals surface area contributed by atoms with Crippen LogP contribution in [-0.2, 0) is 52.3 Å². The number of likely N-dealkylation sites (N-methyl/N-ethyl adjacent to an activating group) is 1. The summed E-state index contributed by atoms with van der Waals surface area (Å²) in [5, 5.41) is 44.3. The Balaban J connectivity index is 2.71. The van der Waals surface area contributed by atoms with E-state index in [0.717, 1.165) is 13.1 Å². The highest BCUT2D eigenvalue weighted by Crippen LogP contribution is 2.41. The van der Waals surface area contributed by atoms with Gasteiger partial charge in [0.2, 0.25) is 5.91 Å². The van der Waals surface area contributed by atoms with E-state index in [1.54, 1.807) is 48.5 Å². The van der Waals surface area contributed by atoms with Gasteiger partial charge in [0.05, 0.1) is 67.2 Å². The molecule has 2 rings (SSSR count). The fourth-order valence-corrected chi connectivity index (χ4v) is 8.94. The Morgan fingerprint density at radius 1 is 1.03 bits per heavy atom. The molecule has 0 aromatic carbocycles. The lowest BCUT2D eigenvalue weighted by Gasteiger charge is -2.50. The van der Waals surface area contributed by atoms with E-state index in [-0.39, 0.29) is 50.3 Å². The van der Waals surface area contributed by atoms with E-state index >= 15 is 0 Å². The minimum Gasteiger partial charge on any atom is -0.460 e. The number of methoxy groups -OCH3 is 2. The topological polar surface area (TPSA) is 228 Å². The number of hydrogen-bond acceptors (Lipinski definition) is 17. The van der Waals surface area contributed by atoms with Crippen LogP contribution in [-0.4, -0.2) is 182 Å². The van der Waals surface area contributed by atoms with E-state index in [1.165, 1.54) is 14.2 Å². The molecular formula is C47H86N4O14. The predicted octanol–water partition coefficient (Wildman–Crippen LogP) is 3.55. The summed E-state index contributed by atoms with van der Waals surface area (Å²) in [5.41, 5.74) is -2.41. The molecule has 378 valence electrons. The van der Waals surface area contributed by atoms with Crippen molar-refractivity contribution in [3.05, 3.63) is 0 Å². The Bertz CT molecular complexity index is 1480. The molecule has 2 fully saturated rings. The summed E-state index contributed by atoms with van der Waals surface area (Å²) >= 11 is 0. The molecule has 17 atom stereocenters. The number of ether oxygens (including phenoxy) is 8. The molecule has 2 aliphatic rings. The molecule has 65 heavy (non-hydrogen) atoms. The van der Waals surface area contributed by atoms with Crippen LogP contribution >= 0.6 is 0 Å². The van der Waals surface area contributed by atoms with E-state index in [4.69, 9.17) is 37.9 Å². The fraction of sp³-hybridized carbons (Fsp3) is 0.915. The Morgan fingerprint density at radius 3 is 2.22 bits per heavy atom. The number of esters is 2. The second-order valence-corrected chi connectivity index (χ2v) is 18.8. The van der Waals surface area contributed by atoms with Crippen LogP contribution < -0.4 is 5.32 Å². The highest BCUT2D eigenvalue weighted by Gasteiger charge is 2.53. The number of amides is 1. The zero-order valence-electron chi connectivity index (χ0n) is 42.1. The lowest BCUT2D eigenvalue weighted by Crippen LogP contribution is -2.61. The first-order chi connectivity index (χ1) is 30.5. The molecule has 1 amide bonds. The number of nitrogens with one attached hydrogen (secondary N) is 1. The van der Waals surface area contributed by atoms with Crippen molar-refractivity contribution < 1.29 is 67.6 Å². The van der Waals surface area contributed by atoms with Gasteiger partial charge < -0.3 is 63.4 Å². The number of carbonyl (C=O) groups excluding carboxylic acids is 3. The average Bonchev–Trinajstić information content (AvgIpc) is 3.27. The Labute approximate surface area is 389 Å². The predicted molar refractivity (Wildman–Crippen MR) is 242 cm³/mol. The van der Waals surface area contributed by atoms with Crippen LogP contribution in [0.1, 0.15) is 122 Å². The fourth-order valence-electron chi connectivity index (χ4n) is 8.94. The first-order valence-electron chi connectivity index (χ1n) is 23.7. The normalized spacial score (nSPS) is 29.6. The Hall–Kier alpha value is -2.54. The van der Waals surface area contributed by atoms with Crippen molar-refractivity contribution in [2.75, 3.05) is 54.1 Å². The van der Waals surface area contributed by atoms with Crippen LogP contribution in [0.15, 0.2) is 0 Å². The third-order valence-electron chi connectivity index (χ3n) is 13.7. The number of aliphatic hydroxyl groups is 3. The quantitative estimate of drug-likeness (QED) is 0.0823. The van der Waals surface area contributed by atoms with E-state index in [9.17, 15) is 35.0 Å². The van der Waals surface area contributed by atoms with Crippen molar-refractivity contribution in [3.8, 4) is 6.07 Å². The number of hydrogen-bond donors (Lipinski definition) is 4. The second-order valence-electron chi connectivity index (χ2n) is 18.8. The third kappa shape index (κ3) is 16.6. The van der Waals surface area contributed by atoms with Gasteiger partial charge in [-0.05, 0) is 87.9 Å². The average molecular weight is 931 g/mol. The molecule has 0 aromatic rings. The largest absolute Gasteiger partial charge is 0.460 e. The Kier molecular flexibility index (Phi) is 24.7. The minimum absolute atomic E-state index is 0.0781. The summed E-state index contributed by atoms with van der Waals surface area (Å²) in [6.45, 7) is 23.8. The van der Waals surface area contributed by atoms with Crippen molar-refractivity contribution in [1.29, 1.82) is 5.26 Å².